The minimum Gasteiger partial charge on any atom is -0.508 e. The molecule has 0 aliphatic carbocycles. The summed E-state index contributed by atoms with van der Waals surface area (Å²) in [6, 6.07) is 5.25. The predicted molar refractivity (Wildman–Crippen MR) is 103 cm³/mol. The molecule has 1 aromatic heterocycles. The number of aromatic nitrogens is 1. The second kappa shape index (κ2) is 5.95. The Labute approximate surface area is 163 Å². The number of nitrogens with zero attached hydrogens (tertiary/aromatic N) is 2. The van der Waals surface area contributed by atoms with Gasteiger partial charge in [0.1, 0.15) is 22.5 Å². The normalized spacial score (nSPS) is 17.3. The van der Waals surface area contributed by atoms with E-state index in [2.05, 4.69) is 0 Å². The highest BCUT2D eigenvalue weighted by Gasteiger charge is 2.32. The molecule has 2 aromatic carbocycles. The second-order valence-electron chi connectivity index (χ2n) is 7.23. The Kier molecular flexibility index (Phi) is 3.59. The largest absolute Gasteiger partial charge is 0.508 e. The quantitative estimate of drug-likeness (QED) is 0.474. The van der Waals surface area contributed by atoms with Gasteiger partial charge in [0, 0.05) is 31.4 Å². The smallest absolute Gasteiger partial charge is 0.341 e. The molecule has 3 heterocycles. The van der Waals surface area contributed by atoms with Crippen LogP contribution in [0.3, 0.4) is 0 Å². The fraction of sp³-hybridized carbons (Fsp3) is 0.200. The van der Waals surface area contributed by atoms with Crippen molar-refractivity contribution < 1.29 is 24.1 Å². The Morgan fingerprint density at radius 3 is 2.79 bits per heavy atom. The van der Waals surface area contributed by atoms with Gasteiger partial charge in [-0.25, -0.2) is 9.18 Å². The number of hydrogen-bond donors (Lipinski definition) is 3. The molecular formula is C20H16FN3O5. The van der Waals surface area contributed by atoms with Crippen LogP contribution >= 0.6 is 0 Å². The van der Waals surface area contributed by atoms with E-state index in [1.54, 1.807) is 4.90 Å². The van der Waals surface area contributed by atoms with E-state index >= 15 is 4.39 Å². The summed E-state index contributed by atoms with van der Waals surface area (Å²) in [6.45, 7) is 0.938. The van der Waals surface area contributed by atoms with Gasteiger partial charge in [0.25, 0.3) is 0 Å². The number of pyridine rings is 1. The summed E-state index contributed by atoms with van der Waals surface area (Å²) >= 11 is 0. The van der Waals surface area contributed by atoms with Crippen molar-refractivity contribution in [2.45, 2.75) is 12.5 Å². The Bertz CT molecular complexity index is 1270. The van der Waals surface area contributed by atoms with Gasteiger partial charge in [-0.05, 0) is 24.6 Å². The molecule has 1 unspecified atom stereocenters. The van der Waals surface area contributed by atoms with Gasteiger partial charge in [0.2, 0.25) is 5.43 Å². The van der Waals surface area contributed by atoms with E-state index in [0.29, 0.717) is 25.2 Å². The Morgan fingerprint density at radius 2 is 2.10 bits per heavy atom. The summed E-state index contributed by atoms with van der Waals surface area (Å²) in [5.74, 6) is -1.86. The van der Waals surface area contributed by atoms with Crippen molar-refractivity contribution >= 4 is 22.6 Å². The third-order valence-electron chi connectivity index (χ3n) is 5.36. The van der Waals surface area contributed by atoms with Crippen molar-refractivity contribution in [2.75, 3.05) is 18.0 Å². The lowest BCUT2D eigenvalue weighted by Crippen LogP contribution is -2.28. The molecule has 1 atom stereocenters. The number of carboxylic acids is 1. The maximum atomic E-state index is 15.2. The van der Waals surface area contributed by atoms with Gasteiger partial charge < -0.3 is 30.2 Å². The summed E-state index contributed by atoms with van der Waals surface area (Å²) in [5.41, 5.74) is 5.56. The van der Waals surface area contributed by atoms with E-state index in [4.69, 9.17) is 10.5 Å². The lowest BCUT2D eigenvalue weighted by Gasteiger charge is -2.29. The van der Waals surface area contributed by atoms with E-state index in [0.717, 1.165) is 6.07 Å². The molecule has 4 N–H and O–H groups in total. The molecule has 9 heteroatoms. The first-order chi connectivity index (χ1) is 13.8. The number of anilines is 1. The maximum absolute atomic E-state index is 15.2. The molecule has 0 radical (unpaired) electrons. The zero-order valence-corrected chi connectivity index (χ0v) is 15.1. The van der Waals surface area contributed by atoms with E-state index in [-0.39, 0.29) is 39.9 Å². The molecule has 3 aromatic rings. The number of aromatic hydroxyl groups is 1. The molecule has 2 aliphatic rings. The summed E-state index contributed by atoms with van der Waals surface area (Å²) in [4.78, 5) is 26.1. The Hall–Kier alpha value is -3.59. The highest BCUT2D eigenvalue weighted by Crippen LogP contribution is 2.47. The molecule has 148 valence electrons. The van der Waals surface area contributed by atoms with Crippen LogP contribution in [0.25, 0.3) is 16.6 Å². The van der Waals surface area contributed by atoms with Crippen LogP contribution in [0.1, 0.15) is 16.8 Å². The lowest BCUT2D eigenvalue weighted by molar-refractivity contribution is 0.0695. The van der Waals surface area contributed by atoms with Gasteiger partial charge in [-0.15, -0.1) is 0 Å². The number of phenols is 1. The number of phenolic OH excluding ortho intramolecular Hbond substituents is 1. The van der Waals surface area contributed by atoms with Crippen molar-refractivity contribution in [1.82, 2.24) is 4.57 Å². The van der Waals surface area contributed by atoms with Crippen LogP contribution in [-0.2, 0) is 0 Å². The fourth-order valence-electron chi connectivity index (χ4n) is 4.03. The monoisotopic (exact) mass is 397 g/mol. The average Bonchev–Trinajstić information content (AvgIpc) is 3.08. The average molecular weight is 397 g/mol. The molecule has 8 nitrogen and oxygen atoms in total. The number of nitrogens with two attached hydrogens (primary N) is 1. The van der Waals surface area contributed by atoms with Crippen LogP contribution in [-0.4, -0.2) is 39.9 Å². The fourth-order valence-corrected chi connectivity index (χ4v) is 4.03. The minimum atomic E-state index is -1.41. The van der Waals surface area contributed by atoms with E-state index < -0.39 is 22.8 Å². The molecule has 0 saturated carbocycles. The Balaban J connectivity index is 1.91. The zero-order chi connectivity index (χ0) is 20.4. The molecule has 0 bridgehead atoms. The number of ether oxygens (including phenoxy) is 1. The van der Waals surface area contributed by atoms with Gasteiger partial charge >= 0.3 is 5.97 Å². The molecule has 29 heavy (non-hydrogen) atoms. The van der Waals surface area contributed by atoms with Crippen LogP contribution < -0.4 is 20.8 Å². The number of benzene rings is 2. The molecule has 0 amide bonds. The number of halogens is 1. The first kappa shape index (κ1) is 17.5. The topological polar surface area (TPSA) is 118 Å². The number of fused-ring (bicyclic) bond motifs is 2. The van der Waals surface area contributed by atoms with Gasteiger partial charge in [-0.3, -0.25) is 4.79 Å². The zero-order valence-electron chi connectivity index (χ0n) is 15.1. The summed E-state index contributed by atoms with van der Waals surface area (Å²) in [5, 5.41) is 19.2. The summed E-state index contributed by atoms with van der Waals surface area (Å²) in [7, 11) is 0. The first-order valence-electron chi connectivity index (χ1n) is 9.02. The van der Waals surface area contributed by atoms with Crippen LogP contribution in [0, 0.1) is 5.82 Å². The molecular weight excluding hydrogens is 381 g/mol. The number of aromatic carboxylic acids is 1. The van der Waals surface area contributed by atoms with Gasteiger partial charge in [0.15, 0.2) is 17.3 Å². The standard InChI is InChI=1S/C20H16FN3O5/c21-13-6-11-16-19(17(13)23-4-3-9(22)7-23)29-15-5-10(25)1-2-14(15)24(16)8-12(18(11)26)20(27)28/h1-2,5-6,8-9,25H,3-4,7,22H2,(H,27,28). The van der Waals surface area contributed by atoms with Crippen LogP contribution in [0.15, 0.2) is 35.3 Å². The molecule has 1 saturated heterocycles. The SMILES string of the molecule is NC1CCN(c2c(F)cc3c(=O)c(C(=O)O)cn4c3c2Oc2cc(O)ccc2-4)C1. The van der Waals surface area contributed by atoms with Gasteiger partial charge in [-0.1, -0.05) is 0 Å². The van der Waals surface area contributed by atoms with Crippen molar-refractivity contribution in [3.8, 4) is 22.9 Å². The van der Waals surface area contributed by atoms with Crippen LogP contribution in [0.2, 0.25) is 0 Å². The van der Waals surface area contributed by atoms with Crippen molar-refractivity contribution in [3.63, 3.8) is 0 Å². The van der Waals surface area contributed by atoms with E-state index in [9.17, 15) is 19.8 Å². The van der Waals surface area contributed by atoms with Gasteiger partial charge in [0.05, 0.1) is 11.1 Å². The lowest BCUT2D eigenvalue weighted by atomic mass is 10.1. The van der Waals surface area contributed by atoms with Crippen molar-refractivity contribution in [2.24, 2.45) is 5.73 Å². The number of hydrogen-bond acceptors (Lipinski definition) is 6. The minimum absolute atomic E-state index is 0.0657. The predicted octanol–water partition coefficient (Wildman–Crippen LogP) is 2.18. The maximum Gasteiger partial charge on any atom is 0.341 e. The second-order valence-corrected chi connectivity index (χ2v) is 7.23. The van der Waals surface area contributed by atoms with Crippen LogP contribution in [0.5, 0.6) is 17.2 Å². The Morgan fingerprint density at radius 1 is 1.31 bits per heavy atom. The first-order valence-corrected chi connectivity index (χ1v) is 9.02. The number of carbonyl (C=O) groups is 1. The highest BCUT2D eigenvalue weighted by molar-refractivity contribution is 5.99. The van der Waals surface area contributed by atoms with E-state index in [1.807, 2.05) is 0 Å². The molecule has 0 spiro atoms. The molecule has 1 fully saturated rings. The molecule has 2 aliphatic heterocycles. The highest BCUT2D eigenvalue weighted by atomic mass is 19.1. The van der Waals surface area contributed by atoms with Crippen molar-refractivity contribution in [1.29, 1.82) is 0 Å². The third-order valence-corrected chi connectivity index (χ3v) is 5.36. The number of rotatable bonds is 2. The van der Waals surface area contributed by atoms with Crippen molar-refractivity contribution in [3.05, 3.63) is 52.1 Å². The summed E-state index contributed by atoms with van der Waals surface area (Å²) < 4.78 is 22.6. The summed E-state index contributed by atoms with van der Waals surface area (Å²) in [6.07, 6.45) is 1.88. The third kappa shape index (κ3) is 2.47. The molecule has 5 rings (SSSR count). The van der Waals surface area contributed by atoms with E-state index in [1.165, 1.54) is 29.0 Å². The van der Waals surface area contributed by atoms with Gasteiger partial charge in [-0.2, -0.15) is 0 Å². The number of carboxylic acid groups (broad SMARTS) is 1. The van der Waals surface area contributed by atoms with Crippen LogP contribution in [0.4, 0.5) is 10.1 Å².